The molecule has 1 aromatic carbocycles. The number of hydrogen-bond donors (Lipinski definition) is 0. The van der Waals surface area contributed by atoms with E-state index in [0.29, 0.717) is 17.1 Å². The smallest absolute Gasteiger partial charge is 0.170 e. The molecule has 1 aliphatic heterocycles. The Labute approximate surface area is 196 Å². The number of aryl methyl sites for hydroxylation is 1. The van der Waals surface area contributed by atoms with Gasteiger partial charge in [0.15, 0.2) is 15.6 Å². The summed E-state index contributed by atoms with van der Waals surface area (Å²) in [4.78, 5) is 17.6. The van der Waals surface area contributed by atoms with E-state index in [1.165, 1.54) is 14.2 Å². The number of rotatable bonds is 7. The summed E-state index contributed by atoms with van der Waals surface area (Å²) in [5.74, 6) is 0.486. The van der Waals surface area contributed by atoms with Crippen molar-refractivity contribution in [3.63, 3.8) is 0 Å². The summed E-state index contributed by atoms with van der Waals surface area (Å²) in [6.45, 7) is 0. The number of methoxy groups -OCH3 is 2. The van der Waals surface area contributed by atoms with Crippen LogP contribution in [0.1, 0.15) is 16.8 Å². The number of carbonyl (C=O) groups excluding carboxylic acids is 1. The molecule has 1 fully saturated rings. The van der Waals surface area contributed by atoms with Crippen LogP contribution < -0.4 is 9.47 Å². The molecule has 5 rings (SSSR count). The molecule has 0 atom stereocenters. The predicted octanol–water partition coefficient (Wildman–Crippen LogP) is 3.04. The van der Waals surface area contributed by atoms with Gasteiger partial charge in [-0.1, -0.05) is 0 Å². The van der Waals surface area contributed by atoms with E-state index in [9.17, 15) is 13.2 Å². The summed E-state index contributed by atoms with van der Waals surface area (Å²) in [6.07, 6.45) is 7.59. The monoisotopic (exact) mass is 480 g/mol. The molecule has 3 aromatic heterocycles. The van der Waals surface area contributed by atoms with Crippen molar-refractivity contribution >= 4 is 21.3 Å². The summed E-state index contributed by atoms with van der Waals surface area (Å²) in [5.41, 5.74) is 4.68. The molecule has 0 radical (unpaired) electrons. The van der Waals surface area contributed by atoms with Crippen molar-refractivity contribution in [2.45, 2.75) is 6.42 Å². The standard InChI is InChI=1S/C24H24N4O5S/c1-27-12-18(10-26-27)16-4-5-28-19(11-25-23(28)9-16)17-7-21(32-2)24(22(8-17)33-3)20(29)6-15-13-34(30,31)14-15/h4-5,7-12,15H,6,13-14H2,1-3H3. The second kappa shape index (κ2) is 8.28. The second-order valence-electron chi connectivity index (χ2n) is 8.52. The van der Waals surface area contributed by atoms with Gasteiger partial charge in [-0.05, 0) is 35.7 Å². The Hall–Kier alpha value is -3.66. The van der Waals surface area contributed by atoms with Crippen molar-refractivity contribution in [2.24, 2.45) is 13.0 Å². The third-order valence-corrected chi connectivity index (χ3v) is 8.04. The van der Waals surface area contributed by atoms with Crippen LogP contribution in [0.15, 0.2) is 49.1 Å². The molecular formula is C24H24N4O5S. The summed E-state index contributed by atoms with van der Waals surface area (Å²) in [6, 6.07) is 7.55. The molecule has 176 valence electrons. The van der Waals surface area contributed by atoms with Gasteiger partial charge in [-0.15, -0.1) is 0 Å². The Bertz CT molecular complexity index is 1480. The quantitative estimate of drug-likeness (QED) is 0.375. The fourth-order valence-electron chi connectivity index (χ4n) is 4.43. The molecule has 1 saturated heterocycles. The van der Waals surface area contributed by atoms with Crippen LogP contribution in [-0.4, -0.2) is 59.1 Å². The van der Waals surface area contributed by atoms with Gasteiger partial charge in [-0.3, -0.25) is 13.9 Å². The average molecular weight is 481 g/mol. The lowest BCUT2D eigenvalue weighted by Crippen LogP contribution is -2.37. The maximum absolute atomic E-state index is 13.0. The number of benzene rings is 1. The minimum absolute atomic E-state index is 0.0459. The number of ether oxygens (including phenoxy) is 2. The molecule has 0 aliphatic carbocycles. The van der Waals surface area contributed by atoms with Crippen LogP contribution in [0.4, 0.5) is 0 Å². The zero-order valence-corrected chi connectivity index (χ0v) is 19.9. The number of sulfone groups is 1. The van der Waals surface area contributed by atoms with Gasteiger partial charge in [0.1, 0.15) is 22.7 Å². The number of hydrogen-bond acceptors (Lipinski definition) is 7. The van der Waals surface area contributed by atoms with E-state index in [-0.39, 0.29) is 29.6 Å². The van der Waals surface area contributed by atoms with E-state index >= 15 is 0 Å². The topological polar surface area (TPSA) is 105 Å². The predicted molar refractivity (Wildman–Crippen MR) is 127 cm³/mol. The van der Waals surface area contributed by atoms with Gasteiger partial charge >= 0.3 is 0 Å². The lowest BCUT2D eigenvalue weighted by Gasteiger charge is -2.25. The largest absolute Gasteiger partial charge is 0.496 e. The Morgan fingerprint density at radius 3 is 2.35 bits per heavy atom. The fraction of sp³-hybridized carbons (Fsp3) is 0.292. The van der Waals surface area contributed by atoms with Crippen LogP contribution in [0.2, 0.25) is 0 Å². The van der Waals surface area contributed by atoms with Crippen molar-refractivity contribution in [1.82, 2.24) is 19.2 Å². The number of ketones is 1. The number of nitrogens with zero attached hydrogens (tertiary/aromatic N) is 4. The van der Waals surface area contributed by atoms with Crippen molar-refractivity contribution < 1.29 is 22.7 Å². The normalized spacial score (nSPS) is 15.3. The van der Waals surface area contributed by atoms with Gasteiger partial charge in [-0.25, -0.2) is 13.4 Å². The third-order valence-electron chi connectivity index (χ3n) is 6.09. The molecule has 0 unspecified atom stereocenters. The first-order valence-electron chi connectivity index (χ1n) is 10.7. The molecule has 9 nitrogen and oxygen atoms in total. The van der Waals surface area contributed by atoms with E-state index in [2.05, 4.69) is 10.1 Å². The molecule has 0 spiro atoms. The number of fused-ring (bicyclic) bond motifs is 1. The molecule has 0 bridgehead atoms. The molecule has 0 amide bonds. The Morgan fingerprint density at radius 1 is 1.06 bits per heavy atom. The van der Waals surface area contributed by atoms with Crippen LogP contribution in [0.3, 0.4) is 0 Å². The van der Waals surface area contributed by atoms with E-state index in [4.69, 9.17) is 9.47 Å². The average Bonchev–Trinajstić information content (AvgIpc) is 3.42. The highest BCUT2D eigenvalue weighted by Gasteiger charge is 2.36. The summed E-state index contributed by atoms with van der Waals surface area (Å²) >= 11 is 0. The third kappa shape index (κ3) is 3.94. The summed E-state index contributed by atoms with van der Waals surface area (Å²) in [7, 11) is 1.87. The maximum atomic E-state index is 13.0. The highest BCUT2D eigenvalue weighted by molar-refractivity contribution is 7.92. The fourth-order valence-corrected chi connectivity index (χ4v) is 6.00. The van der Waals surface area contributed by atoms with E-state index < -0.39 is 9.84 Å². The van der Waals surface area contributed by atoms with Gasteiger partial charge in [0.25, 0.3) is 0 Å². The summed E-state index contributed by atoms with van der Waals surface area (Å²) in [5, 5.41) is 4.22. The maximum Gasteiger partial charge on any atom is 0.170 e. The summed E-state index contributed by atoms with van der Waals surface area (Å²) < 4.78 is 37.8. The number of aromatic nitrogens is 4. The van der Waals surface area contributed by atoms with Crippen LogP contribution in [0.25, 0.3) is 28.0 Å². The van der Waals surface area contributed by atoms with Crippen molar-refractivity contribution in [3.8, 4) is 33.9 Å². The van der Waals surface area contributed by atoms with Crippen LogP contribution >= 0.6 is 0 Å². The zero-order chi connectivity index (χ0) is 24.0. The van der Waals surface area contributed by atoms with Gasteiger partial charge in [0.2, 0.25) is 0 Å². The molecule has 34 heavy (non-hydrogen) atoms. The van der Waals surface area contributed by atoms with Crippen LogP contribution in [-0.2, 0) is 16.9 Å². The van der Waals surface area contributed by atoms with Gasteiger partial charge in [-0.2, -0.15) is 5.10 Å². The Morgan fingerprint density at radius 2 is 1.76 bits per heavy atom. The Kier molecular flexibility index (Phi) is 5.40. The molecule has 0 saturated carbocycles. The molecule has 10 heteroatoms. The van der Waals surface area contributed by atoms with Crippen molar-refractivity contribution in [1.29, 1.82) is 0 Å². The van der Waals surface area contributed by atoms with E-state index in [0.717, 1.165) is 28.0 Å². The van der Waals surface area contributed by atoms with Crippen molar-refractivity contribution in [3.05, 3.63) is 54.6 Å². The van der Waals surface area contributed by atoms with Gasteiger partial charge < -0.3 is 9.47 Å². The lowest BCUT2D eigenvalue weighted by atomic mass is 9.97. The zero-order valence-electron chi connectivity index (χ0n) is 19.1. The number of imidazole rings is 1. The van der Waals surface area contributed by atoms with E-state index in [1.54, 1.807) is 29.2 Å². The molecule has 4 aromatic rings. The van der Waals surface area contributed by atoms with Gasteiger partial charge in [0, 0.05) is 37.0 Å². The van der Waals surface area contributed by atoms with Gasteiger partial charge in [0.05, 0.1) is 43.8 Å². The highest BCUT2D eigenvalue weighted by Crippen LogP contribution is 2.37. The molecule has 4 heterocycles. The first-order chi connectivity index (χ1) is 16.3. The molecule has 0 N–H and O–H groups in total. The number of pyridine rings is 1. The SMILES string of the molecule is COc1cc(-c2cnc3cc(-c4cnn(C)c4)ccn23)cc(OC)c1C(=O)CC1CS(=O)(=O)C1. The lowest BCUT2D eigenvalue weighted by molar-refractivity contribution is 0.0960. The first-order valence-corrected chi connectivity index (χ1v) is 12.6. The number of Topliss-reactive ketones (excluding diaryl/α,β-unsaturated/α-hetero) is 1. The first kappa shape index (κ1) is 22.1. The number of carbonyl (C=O) groups is 1. The van der Waals surface area contributed by atoms with Crippen molar-refractivity contribution in [2.75, 3.05) is 25.7 Å². The van der Waals surface area contributed by atoms with Crippen LogP contribution in [0.5, 0.6) is 11.5 Å². The Balaban J connectivity index is 1.51. The second-order valence-corrected chi connectivity index (χ2v) is 10.7. The minimum atomic E-state index is -3.00. The van der Waals surface area contributed by atoms with E-state index in [1.807, 2.05) is 36.0 Å². The molecular weight excluding hydrogens is 456 g/mol. The highest BCUT2D eigenvalue weighted by atomic mass is 32.2. The minimum Gasteiger partial charge on any atom is -0.496 e. The molecule has 1 aliphatic rings. The van der Waals surface area contributed by atoms with Crippen LogP contribution in [0, 0.1) is 5.92 Å².